The van der Waals surface area contributed by atoms with E-state index in [-0.39, 0.29) is 0 Å². The van der Waals surface area contributed by atoms with Crippen LogP contribution in [0, 0.1) is 0 Å². The third-order valence-corrected chi connectivity index (χ3v) is 1.09. The molecule has 9 heavy (non-hydrogen) atoms. The predicted octanol–water partition coefficient (Wildman–Crippen LogP) is 0.331. The van der Waals surface area contributed by atoms with Gasteiger partial charge in [0.25, 0.3) is 0 Å². The van der Waals surface area contributed by atoms with Gasteiger partial charge in [0.15, 0.2) is 0 Å². The van der Waals surface area contributed by atoms with Crippen LogP contribution in [-0.4, -0.2) is 37.1 Å². The summed E-state index contributed by atoms with van der Waals surface area (Å²) < 4.78 is 0. The largest absolute Gasteiger partial charge is 0.279 e. The van der Waals surface area contributed by atoms with Crippen molar-refractivity contribution >= 4 is 6.41 Å². The Morgan fingerprint density at radius 3 is 2.11 bits per heavy atom. The zero-order valence-corrected chi connectivity index (χ0v) is 6.29. The van der Waals surface area contributed by atoms with Crippen LogP contribution in [-0.2, 0) is 4.79 Å². The number of carbonyl (C=O) groups excluding carboxylic acids is 1. The summed E-state index contributed by atoms with van der Waals surface area (Å²) >= 11 is 0. The predicted molar refractivity (Wildman–Crippen MR) is 36.7 cm³/mol. The molecule has 0 fully saturated rings. The van der Waals surface area contributed by atoms with Gasteiger partial charge in [-0.2, -0.15) is 0 Å². The Labute approximate surface area is 56.2 Å². The Hall–Kier alpha value is -0.570. The van der Waals surface area contributed by atoms with Crippen LogP contribution in [0.5, 0.6) is 0 Å². The molecule has 0 rings (SSSR count). The topological polar surface area (TPSA) is 23.6 Å². The molecule has 0 saturated heterocycles. The second kappa shape index (κ2) is 4.32. The van der Waals surface area contributed by atoms with Crippen LogP contribution >= 0.6 is 0 Å². The van der Waals surface area contributed by atoms with Crippen molar-refractivity contribution in [1.82, 2.24) is 10.0 Å². The van der Waals surface area contributed by atoms with E-state index in [0.29, 0.717) is 0 Å². The lowest BCUT2D eigenvalue weighted by molar-refractivity contribution is -0.130. The number of hydrogen-bond acceptors (Lipinski definition) is 2. The van der Waals surface area contributed by atoms with Gasteiger partial charge in [0, 0.05) is 20.6 Å². The second-order valence-corrected chi connectivity index (χ2v) is 2.12. The van der Waals surface area contributed by atoms with E-state index in [1.165, 1.54) is 0 Å². The molecule has 0 aliphatic rings. The Bertz CT molecular complexity index is 83.1. The number of nitrogens with zero attached hydrogens (tertiary/aromatic N) is 2. The quantitative estimate of drug-likeness (QED) is 0.404. The van der Waals surface area contributed by atoms with E-state index < -0.39 is 0 Å². The van der Waals surface area contributed by atoms with Crippen LogP contribution < -0.4 is 0 Å². The molecule has 0 aromatic heterocycles. The van der Waals surface area contributed by atoms with Crippen molar-refractivity contribution in [3.63, 3.8) is 0 Å². The Balaban J connectivity index is 3.54. The molecule has 0 unspecified atom stereocenters. The summed E-state index contributed by atoms with van der Waals surface area (Å²) in [6.07, 6.45) is 1.83. The first kappa shape index (κ1) is 8.43. The highest BCUT2D eigenvalue weighted by atomic mass is 16.1. The van der Waals surface area contributed by atoms with Crippen LogP contribution in [0.4, 0.5) is 0 Å². The summed E-state index contributed by atoms with van der Waals surface area (Å²) in [5.74, 6) is 0. The molecule has 0 aromatic rings. The van der Waals surface area contributed by atoms with Crippen molar-refractivity contribution in [2.45, 2.75) is 13.3 Å². The molecular formula is C6H14N2O. The molecule has 0 heterocycles. The van der Waals surface area contributed by atoms with Gasteiger partial charge in [-0.1, -0.05) is 6.92 Å². The molecule has 0 bridgehead atoms. The molecule has 0 atom stereocenters. The Morgan fingerprint density at radius 1 is 1.44 bits per heavy atom. The normalized spacial score (nSPS) is 9.78. The van der Waals surface area contributed by atoms with E-state index in [2.05, 4.69) is 0 Å². The minimum Gasteiger partial charge on any atom is -0.279 e. The van der Waals surface area contributed by atoms with E-state index >= 15 is 0 Å². The minimum atomic E-state index is 0.802. The summed E-state index contributed by atoms with van der Waals surface area (Å²) in [5.41, 5.74) is 0. The maximum atomic E-state index is 10.2. The highest BCUT2D eigenvalue weighted by Gasteiger charge is 1.99. The average molecular weight is 130 g/mol. The van der Waals surface area contributed by atoms with Crippen molar-refractivity contribution in [2.75, 3.05) is 20.6 Å². The fourth-order valence-corrected chi connectivity index (χ4v) is 0.576. The Morgan fingerprint density at radius 2 is 2.00 bits per heavy atom. The highest BCUT2D eigenvalue weighted by Crippen LogP contribution is 1.87. The van der Waals surface area contributed by atoms with Gasteiger partial charge in [0.1, 0.15) is 0 Å². The van der Waals surface area contributed by atoms with Gasteiger partial charge in [0.05, 0.1) is 0 Å². The van der Waals surface area contributed by atoms with Gasteiger partial charge in [0.2, 0.25) is 6.41 Å². The number of amides is 1. The van der Waals surface area contributed by atoms with Crippen LogP contribution in [0.2, 0.25) is 0 Å². The molecule has 1 amide bonds. The summed E-state index contributed by atoms with van der Waals surface area (Å²) in [6.45, 7) is 2.84. The standard InChI is InChI=1S/C6H14N2O/c1-4-5-8(6-9)7(2)3/h6H,4-5H2,1-3H3. The molecule has 3 heteroatoms. The van der Waals surface area contributed by atoms with Gasteiger partial charge < -0.3 is 0 Å². The number of carbonyl (C=O) groups is 1. The third kappa shape index (κ3) is 3.08. The molecule has 0 aliphatic carbocycles. The fourth-order valence-electron chi connectivity index (χ4n) is 0.576. The molecule has 3 nitrogen and oxygen atoms in total. The molecule has 0 radical (unpaired) electrons. The highest BCUT2D eigenvalue weighted by molar-refractivity contribution is 5.45. The van der Waals surface area contributed by atoms with Gasteiger partial charge in [-0.25, -0.2) is 5.01 Å². The minimum absolute atomic E-state index is 0.802. The lowest BCUT2D eigenvalue weighted by Gasteiger charge is -2.23. The van der Waals surface area contributed by atoms with Crippen LogP contribution in [0.25, 0.3) is 0 Å². The summed E-state index contributed by atoms with van der Waals surface area (Å²) in [4.78, 5) is 10.2. The molecule has 0 N–H and O–H groups in total. The van der Waals surface area contributed by atoms with Crippen molar-refractivity contribution < 1.29 is 4.79 Å². The lowest BCUT2D eigenvalue weighted by atomic mass is 10.5. The van der Waals surface area contributed by atoms with Crippen LogP contribution in [0.15, 0.2) is 0 Å². The summed E-state index contributed by atoms with van der Waals surface area (Å²) in [7, 11) is 3.70. The van der Waals surface area contributed by atoms with E-state index in [4.69, 9.17) is 0 Å². The molecule has 0 saturated carbocycles. The molecule has 54 valence electrons. The van der Waals surface area contributed by atoms with Gasteiger partial charge in [-0.3, -0.25) is 9.80 Å². The average Bonchev–Trinajstić information content (AvgIpc) is 1.82. The van der Waals surface area contributed by atoms with Crippen LogP contribution in [0.3, 0.4) is 0 Å². The molecule has 0 aromatic carbocycles. The fraction of sp³-hybridized carbons (Fsp3) is 0.833. The van der Waals surface area contributed by atoms with Crippen LogP contribution in [0.1, 0.15) is 13.3 Å². The first-order chi connectivity index (χ1) is 4.22. The van der Waals surface area contributed by atoms with Crippen molar-refractivity contribution in [1.29, 1.82) is 0 Å². The van der Waals surface area contributed by atoms with E-state index in [9.17, 15) is 4.79 Å². The molecule has 0 aliphatic heterocycles. The number of hydrazine groups is 1. The van der Waals surface area contributed by atoms with Gasteiger partial charge >= 0.3 is 0 Å². The van der Waals surface area contributed by atoms with Gasteiger partial charge in [-0.15, -0.1) is 0 Å². The molecular weight excluding hydrogens is 116 g/mol. The van der Waals surface area contributed by atoms with E-state index in [1.807, 2.05) is 21.0 Å². The van der Waals surface area contributed by atoms with Crippen molar-refractivity contribution in [3.8, 4) is 0 Å². The maximum Gasteiger partial charge on any atom is 0.224 e. The maximum absolute atomic E-state index is 10.2. The summed E-state index contributed by atoms with van der Waals surface area (Å²) in [5, 5.41) is 3.40. The smallest absolute Gasteiger partial charge is 0.224 e. The first-order valence-electron chi connectivity index (χ1n) is 3.11. The monoisotopic (exact) mass is 130 g/mol. The SMILES string of the molecule is CCCN(C=O)N(C)C. The zero-order valence-electron chi connectivity index (χ0n) is 6.29. The first-order valence-corrected chi connectivity index (χ1v) is 3.11. The molecule has 0 spiro atoms. The number of hydrogen-bond donors (Lipinski definition) is 0. The number of rotatable bonds is 4. The lowest BCUT2D eigenvalue weighted by Crippen LogP contribution is -2.36. The Kier molecular flexibility index (Phi) is 4.05. The van der Waals surface area contributed by atoms with Gasteiger partial charge in [-0.05, 0) is 6.42 Å². The van der Waals surface area contributed by atoms with Crippen molar-refractivity contribution in [2.24, 2.45) is 0 Å². The van der Waals surface area contributed by atoms with Crippen molar-refractivity contribution in [3.05, 3.63) is 0 Å². The van der Waals surface area contributed by atoms with E-state index in [0.717, 1.165) is 19.4 Å². The third-order valence-electron chi connectivity index (χ3n) is 1.09. The second-order valence-electron chi connectivity index (χ2n) is 2.12. The van der Waals surface area contributed by atoms with E-state index in [1.54, 1.807) is 10.0 Å². The summed E-state index contributed by atoms with van der Waals surface area (Å²) in [6, 6.07) is 0. The zero-order chi connectivity index (χ0) is 7.28.